The fourth-order valence-electron chi connectivity index (χ4n) is 2.29. The van der Waals surface area contributed by atoms with E-state index in [2.05, 4.69) is 20.4 Å². The predicted octanol–water partition coefficient (Wildman–Crippen LogP) is 2.71. The summed E-state index contributed by atoms with van der Waals surface area (Å²) < 4.78 is 18.6. The first-order valence-electron chi connectivity index (χ1n) is 8.26. The van der Waals surface area contributed by atoms with Crippen LogP contribution in [0.5, 0.6) is 0 Å². The van der Waals surface area contributed by atoms with E-state index < -0.39 is 11.7 Å². The molecular formula is C18H19FN4O3. The van der Waals surface area contributed by atoms with Crippen LogP contribution in [-0.2, 0) is 9.57 Å². The third kappa shape index (κ3) is 4.02. The Bertz CT molecular complexity index is 820. The minimum absolute atomic E-state index is 0.00573. The van der Waals surface area contributed by atoms with Crippen molar-refractivity contribution in [2.45, 2.75) is 26.4 Å². The number of hydrogen-bond donors (Lipinski definition) is 1. The van der Waals surface area contributed by atoms with Gasteiger partial charge in [0.1, 0.15) is 11.6 Å². The zero-order valence-corrected chi connectivity index (χ0v) is 14.5. The molecule has 1 amide bonds. The number of carbonyl (C=O) groups is 1. The molecule has 2 aromatic heterocycles. The number of pyridine rings is 2. The molecule has 0 aliphatic carbocycles. The first kappa shape index (κ1) is 17.9. The number of anilines is 1. The highest BCUT2D eigenvalue weighted by Gasteiger charge is 2.20. The molecule has 0 atom stereocenters. The molecule has 0 saturated carbocycles. The van der Waals surface area contributed by atoms with Gasteiger partial charge in [-0.25, -0.2) is 9.37 Å². The normalized spacial score (nSPS) is 14.7. The van der Waals surface area contributed by atoms with Crippen LogP contribution in [0.3, 0.4) is 0 Å². The van der Waals surface area contributed by atoms with Gasteiger partial charge in [-0.1, -0.05) is 12.1 Å². The van der Waals surface area contributed by atoms with Crippen molar-refractivity contribution in [3.8, 4) is 0 Å². The van der Waals surface area contributed by atoms with Gasteiger partial charge in [0.2, 0.25) is 0 Å². The van der Waals surface area contributed by atoms with Crippen molar-refractivity contribution in [2.75, 3.05) is 18.5 Å². The second kappa shape index (κ2) is 8.01. The van der Waals surface area contributed by atoms with E-state index in [1.807, 2.05) is 6.92 Å². The number of amides is 1. The molecule has 8 heteroatoms. The summed E-state index contributed by atoms with van der Waals surface area (Å²) in [5, 5.41) is 6.79. The van der Waals surface area contributed by atoms with Crippen molar-refractivity contribution >= 4 is 17.4 Å². The third-order valence-electron chi connectivity index (χ3n) is 3.99. The molecule has 1 N–H and O–H groups in total. The van der Waals surface area contributed by atoms with Crippen molar-refractivity contribution in [1.29, 1.82) is 0 Å². The lowest BCUT2D eigenvalue weighted by Crippen LogP contribution is -2.34. The Morgan fingerprint density at radius 3 is 2.81 bits per heavy atom. The Kier molecular flexibility index (Phi) is 5.52. The highest BCUT2D eigenvalue weighted by atomic mass is 19.1. The van der Waals surface area contributed by atoms with E-state index in [0.717, 1.165) is 17.5 Å². The monoisotopic (exact) mass is 358 g/mol. The summed E-state index contributed by atoms with van der Waals surface area (Å²) >= 11 is 0. The molecule has 2 aromatic rings. The van der Waals surface area contributed by atoms with Crippen molar-refractivity contribution < 1.29 is 18.8 Å². The van der Waals surface area contributed by atoms with Crippen LogP contribution in [0.25, 0.3) is 0 Å². The van der Waals surface area contributed by atoms with Gasteiger partial charge in [-0.2, -0.15) is 0 Å². The number of halogens is 1. The number of nitrogens with zero attached hydrogens (tertiary/aromatic N) is 3. The standard InChI is InChI=1S/C18H19FN4O3/c1-3-16(23-26-13-9-25-10-13)12-4-5-17(21-6-12)22-18(24)14-7-20-8-15(19)11(14)2/h4-8,13H,3,9-10H2,1-2H3,(H,21,22,24)/b23-16-. The van der Waals surface area contributed by atoms with Crippen molar-refractivity contribution in [3.05, 3.63) is 53.2 Å². The van der Waals surface area contributed by atoms with Gasteiger partial charge < -0.3 is 14.9 Å². The largest absolute Gasteiger partial charge is 0.387 e. The summed E-state index contributed by atoms with van der Waals surface area (Å²) in [6, 6.07) is 3.45. The fraction of sp³-hybridized carbons (Fsp3) is 0.333. The van der Waals surface area contributed by atoms with Gasteiger partial charge in [0.25, 0.3) is 5.91 Å². The molecule has 0 spiro atoms. The number of oxime groups is 1. The molecular weight excluding hydrogens is 339 g/mol. The average Bonchev–Trinajstić information content (AvgIpc) is 2.60. The second-order valence-corrected chi connectivity index (χ2v) is 5.84. The SMILES string of the molecule is CC/C(=N/OC1COC1)c1ccc(NC(=O)c2cncc(F)c2C)nc1. The molecule has 3 rings (SSSR count). The van der Waals surface area contributed by atoms with Crippen LogP contribution in [0.1, 0.15) is 34.8 Å². The van der Waals surface area contributed by atoms with Gasteiger partial charge in [0.15, 0.2) is 6.10 Å². The maximum absolute atomic E-state index is 13.5. The molecule has 1 fully saturated rings. The van der Waals surface area contributed by atoms with Crippen molar-refractivity contribution in [3.63, 3.8) is 0 Å². The van der Waals surface area contributed by atoms with Crippen LogP contribution in [0, 0.1) is 12.7 Å². The van der Waals surface area contributed by atoms with E-state index in [9.17, 15) is 9.18 Å². The van der Waals surface area contributed by atoms with E-state index in [-0.39, 0.29) is 17.2 Å². The molecule has 136 valence electrons. The van der Waals surface area contributed by atoms with Gasteiger partial charge in [-0.05, 0) is 25.5 Å². The molecule has 0 aromatic carbocycles. The van der Waals surface area contributed by atoms with Crippen LogP contribution in [0.15, 0.2) is 35.9 Å². The predicted molar refractivity (Wildman–Crippen MR) is 93.6 cm³/mol. The Hall–Kier alpha value is -2.87. The van der Waals surface area contributed by atoms with Gasteiger partial charge in [0, 0.05) is 23.5 Å². The molecule has 1 saturated heterocycles. The lowest BCUT2D eigenvalue weighted by molar-refractivity contribution is -0.129. The molecule has 0 unspecified atom stereocenters. The molecule has 1 aliphatic heterocycles. The minimum Gasteiger partial charge on any atom is -0.387 e. The van der Waals surface area contributed by atoms with E-state index in [1.165, 1.54) is 13.1 Å². The Balaban J connectivity index is 1.68. The smallest absolute Gasteiger partial charge is 0.258 e. The van der Waals surface area contributed by atoms with E-state index in [0.29, 0.717) is 25.5 Å². The van der Waals surface area contributed by atoms with Crippen molar-refractivity contribution in [1.82, 2.24) is 9.97 Å². The lowest BCUT2D eigenvalue weighted by Gasteiger charge is -2.23. The van der Waals surface area contributed by atoms with Gasteiger partial charge >= 0.3 is 0 Å². The molecule has 1 aliphatic rings. The first-order chi connectivity index (χ1) is 12.6. The van der Waals surface area contributed by atoms with E-state index >= 15 is 0 Å². The molecule has 0 bridgehead atoms. The number of aromatic nitrogens is 2. The Morgan fingerprint density at radius 2 is 2.19 bits per heavy atom. The number of ether oxygens (including phenoxy) is 1. The minimum atomic E-state index is -0.526. The molecule has 26 heavy (non-hydrogen) atoms. The summed E-state index contributed by atoms with van der Waals surface area (Å²) in [5.74, 6) is -0.639. The van der Waals surface area contributed by atoms with Crippen LogP contribution in [0.4, 0.5) is 10.2 Å². The fourth-order valence-corrected chi connectivity index (χ4v) is 2.29. The number of nitrogens with one attached hydrogen (secondary N) is 1. The quantitative estimate of drug-likeness (QED) is 0.634. The molecule has 0 radical (unpaired) electrons. The Morgan fingerprint density at radius 1 is 1.38 bits per heavy atom. The van der Waals surface area contributed by atoms with Crippen LogP contribution < -0.4 is 5.32 Å². The summed E-state index contributed by atoms with van der Waals surface area (Å²) in [6.45, 7) is 4.60. The van der Waals surface area contributed by atoms with Gasteiger partial charge in [-0.15, -0.1) is 0 Å². The second-order valence-electron chi connectivity index (χ2n) is 5.84. The average molecular weight is 358 g/mol. The topological polar surface area (TPSA) is 85.7 Å². The number of carbonyl (C=O) groups excluding carboxylic acids is 1. The van der Waals surface area contributed by atoms with Crippen LogP contribution in [0.2, 0.25) is 0 Å². The lowest BCUT2D eigenvalue weighted by atomic mass is 10.1. The van der Waals surface area contributed by atoms with Gasteiger partial charge in [-0.3, -0.25) is 9.78 Å². The number of hydrogen-bond acceptors (Lipinski definition) is 6. The first-order valence-corrected chi connectivity index (χ1v) is 8.26. The van der Waals surface area contributed by atoms with Gasteiger partial charge in [0.05, 0.1) is 30.7 Å². The molecule has 3 heterocycles. The molecule has 7 nitrogen and oxygen atoms in total. The zero-order chi connectivity index (χ0) is 18.5. The summed E-state index contributed by atoms with van der Waals surface area (Å²) in [5.41, 5.74) is 1.97. The highest BCUT2D eigenvalue weighted by Crippen LogP contribution is 2.14. The maximum atomic E-state index is 13.5. The summed E-state index contributed by atoms with van der Waals surface area (Å²) in [7, 11) is 0. The maximum Gasteiger partial charge on any atom is 0.258 e. The number of rotatable bonds is 6. The van der Waals surface area contributed by atoms with E-state index in [1.54, 1.807) is 18.3 Å². The van der Waals surface area contributed by atoms with Crippen LogP contribution in [-0.4, -0.2) is 40.9 Å². The summed E-state index contributed by atoms with van der Waals surface area (Å²) in [4.78, 5) is 25.6. The van der Waals surface area contributed by atoms with Crippen molar-refractivity contribution in [2.24, 2.45) is 5.16 Å². The zero-order valence-electron chi connectivity index (χ0n) is 14.5. The Labute approximate surface area is 150 Å². The third-order valence-corrected chi connectivity index (χ3v) is 3.99. The summed E-state index contributed by atoms with van der Waals surface area (Å²) in [6.07, 6.45) is 4.68. The van der Waals surface area contributed by atoms with E-state index in [4.69, 9.17) is 9.57 Å². The highest BCUT2D eigenvalue weighted by molar-refractivity contribution is 6.05. The van der Waals surface area contributed by atoms with Crippen LogP contribution >= 0.6 is 0 Å².